The molecule has 0 aliphatic rings. The van der Waals surface area contributed by atoms with Gasteiger partial charge in [-0.25, -0.2) is 10.5 Å². The summed E-state index contributed by atoms with van der Waals surface area (Å²) in [6.45, 7) is 0. The third kappa shape index (κ3) is 4.10. The average molecular weight is 328 g/mol. The van der Waals surface area contributed by atoms with E-state index in [0.717, 1.165) is 12.1 Å². The summed E-state index contributed by atoms with van der Waals surface area (Å²) >= 11 is 0. The highest BCUT2D eigenvalue weighted by molar-refractivity contribution is 5.91. The fraction of sp³-hybridized carbons (Fsp3) is 0.143. The first-order valence-corrected chi connectivity index (χ1v) is 6.19. The monoisotopic (exact) mass is 328 g/mol. The number of carbonyl (C=O) groups excluding carboxylic acids is 1. The Morgan fingerprint density at radius 3 is 2.57 bits per heavy atom. The van der Waals surface area contributed by atoms with Gasteiger partial charge in [0, 0.05) is 12.1 Å². The van der Waals surface area contributed by atoms with Crippen molar-refractivity contribution in [1.29, 1.82) is 0 Å². The van der Waals surface area contributed by atoms with E-state index < -0.39 is 17.6 Å². The minimum Gasteiger partial charge on any atom is -0.496 e. The largest absolute Gasteiger partial charge is 0.496 e. The molecule has 1 amide bonds. The number of hydrogen-bond acceptors (Lipinski definition) is 5. The van der Waals surface area contributed by atoms with Gasteiger partial charge in [-0.1, -0.05) is 6.07 Å². The number of carbonyl (C=O) groups is 1. The molecule has 1 aromatic heterocycles. The van der Waals surface area contributed by atoms with Crippen LogP contribution < -0.4 is 15.0 Å². The van der Waals surface area contributed by atoms with Crippen LogP contribution in [0.4, 0.5) is 13.2 Å². The zero-order chi connectivity index (χ0) is 17.0. The van der Waals surface area contributed by atoms with Crippen molar-refractivity contribution in [2.45, 2.75) is 6.18 Å². The summed E-state index contributed by atoms with van der Waals surface area (Å²) in [7, 11) is 1.32. The van der Waals surface area contributed by atoms with Crippen LogP contribution >= 0.6 is 0 Å². The number of methoxy groups -OCH3 is 1. The minimum absolute atomic E-state index is 0.115. The summed E-state index contributed by atoms with van der Waals surface area (Å²) in [6, 6.07) is 6.70. The lowest BCUT2D eigenvalue weighted by molar-refractivity contribution is -0.137. The first-order chi connectivity index (χ1) is 10.8. The van der Waals surface area contributed by atoms with Crippen molar-refractivity contribution in [3.8, 4) is 17.4 Å². The number of nitrogens with zero attached hydrogens (tertiary/aromatic N) is 1. The fourth-order valence-electron chi connectivity index (χ4n) is 1.68. The quantitative estimate of drug-likeness (QED) is 0.666. The predicted octanol–water partition coefficient (Wildman–Crippen LogP) is 3.02. The Morgan fingerprint density at radius 2 is 1.96 bits per heavy atom. The first kappa shape index (κ1) is 16.6. The van der Waals surface area contributed by atoms with Crippen LogP contribution in [-0.4, -0.2) is 23.2 Å². The minimum atomic E-state index is -4.51. The number of halogens is 3. The van der Waals surface area contributed by atoms with Gasteiger partial charge in [-0.15, -0.1) is 0 Å². The molecule has 0 fully saturated rings. The molecule has 9 heteroatoms. The molecular formula is C14H11F3N2O4. The molecule has 0 atom stereocenters. The zero-order valence-electron chi connectivity index (χ0n) is 11.7. The van der Waals surface area contributed by atoms with Crippen molar-refractivity contribution >= 4 is 5.91 Å². The van der Waals surface area contributed by atoms with E-state index in [0.29, 0.717) is 0 Å². The zero-order valence-corrected chi connectivity index (χ0v) is 11.7. The van der Waals surface area contributed by atoms with Crippen LogP contribution in [0.5, 0.6) is 17.4 Å². The van der Waals surface area contributed by atoms with Crippen molar-refractivity contribution in [2.24, 2.45) is 0 Å². The second-order valence-corrected chi connectivity index (χ2v) is 4.30. The maximum absolute atomic E-state index is 12.7. The summed E-state index contributed by atoms with van der Waals surface area (Å²) in [5, 5.41) is 8.61. The summed E-state index contributed by atoms with van der Waals surface area (Å²) in [4.78, 5) is 15.2. The Hall–Kier alpha value is -2.81. The maximum atomic E-state index is 12.7. The van der Waals surface area contributed by atoms with Crippen molar-refractivity contribution in [3.05, 3.63) is 47.7 Å². The maximum Gasteiger partial charge on any atom is 0.416 e. The van der Waals surface area contributed by atoms with Gasteiger partial charge >= 0.3 is 6.18 Å². The molecule has 0 unspecified atom stereocenters. The van der Waals surface area contributed by atoms with Crippen LogP contribution in [0.1, 0.15) is 16.1 Å². The van der Waals surface area contributed by atoms with E-state index >= 15 is 0 Å². The molecule has 0 aliphatic heterocycles. The predicted molar refractivity (Wildman–Crippen MR) is 71.6 cm³/mol. The van der Waals surface area contributed by atoms with Crippen molar-refractivity contribution < 1.29 is 32.6 Å². The van der Waals surface area contributed by atoms with Gasteiger partial charge in [-0.2, -0.15) is 13.2 Å². The Morgan fingerprint density at radius 1 is 1.22 bits per heavy atom. The van der Waals surface area contributed by atoms with Gasteiger partial charge in [-0.3, -0.25) is 10.0 Å². The lowest BCUT2D eigenvalue weighted by atomic mass is 10.2. The van der Waals surface area contributed by atoms with Crippen LogP contribution in [0.25, 0.3) is 0 Å². The molecule has 2 rings (SSSR count). The van der Waals surface area contributed by atoms with E-state index in [1.54, 1.807) is 0 Å². The highest BCUT2D eigenvalue weighted by Crippen LogP contribution is 2.33. The number of pyridine rings is 1. The normalized spacial score (nSPS) is 11.0. The Bertz CT molecular complexity index is 719. The molecule has 23 heavy (non-hydrogen) atoms. The number of rotatable bonds is 4. The topological polar surface area (TPSA) is 80.7 Å². The lowest BCUT2D eigenvalue weighted by Crippen LogP contribution is -2.20. The van der Waals surface area contributed by atoms with Gasteiger partial charge in [0.25, 0.3) is 5.91 Å². The van der Waals surface area contributed by atoms with Gasteiger partial charge in [-0.05, 0) is 18.2 Å². The van der Waals surface area contributed by atoms with E-state index in [-0.39, 0.29) is 23.1 Å². The molecule has 2 aromatic rings. The van der Waals surface area contributed by atoms with E-state index in [2.05, 4.69) is 4.98 Å². The highest BCUT2D eigenvalue weighted by atomic mass is 19.4. The Balaban J connectivity index is 2.34. The van der Waals surface area contributed by atoms with Gasteiger partial charge in [0.05, 0.1) is 12.7 Å². The van der Waals surface area contributed by atoms with Crippen LogP contribution in [-0.2, 0) is 6.18 Å². The molecule has 122 valence electrons. The van der Waals surface area contributed by atoms with E-state index in [9.17, 15) is 18.0 Å². The molecule has 0 radical (unpaired) electrons. The number of hydrogen-bond donors (Lipinski definition) is 2. The number of ether oxygens (including phenoxy) is 2. The Kier molecular flexibility index (Phi) is 4.70. The average Bonchev–Trinajstić information content (AvgIpc) is 2.53. The molecule has 0 bridgehead atoms. The van der Waals surface area contributed by atoms with Gasteiger partial charge in [0.2, 0.25) is 5.88 Å². The number of nitrogens with one attached hydrogen (secondary N) is 1. The van der Waals surface area contributed by atoms with Gasteiger partial charge in [0.1, 0.15) is 17.2 Å². The van der Waals surface area contributed by atoms with E-state index in [4.69, 9.17) is 14.7 Å². The molecule has 6 nitrogen and oxygen atoms in total. The van der Waals surface area contributed by atoms with E-state index in [1.807, 2.05) is 0 Å². The molecule has 1 heterocycles. The highest BCUT2D eigenvalue weighted by Gasteiger charge is 2.30. The molecule has 1 aromatic carbocycles. The standard InChI is InChI=1S/C14H11F3N2O4/c1-22-10-6-11(13(20)19-21)18-12(7-10)23-9-4-2-3-8(5-9)14(15,16)17/h2-7,21H,1H3,(H,19,20). The van der Waals surface area contributed by atoms with Crippen molar-refractivity contribution in [1.82, 2.24) is 10.5 Å². The summed E-state index contributed by atoms with van der Waals surface area (Å²) < 4.78 is 48.2. The number of benzene rings is 1. The third-order valence-electron chi connectivity index (χ3n) is 2.73. The number of amides is 1. The molecule has 0 aliphatic carbocycles. The van der Waals surface area contributed by atoms with Gasteiger partial charge in [0.15, 0.2) is 0 Å². The second kappa shape index (κ2) is 6.53. The molecule has 2 N–H and O–H groups in total. The molecule has 0 spiro atoms. The van der Waals surface area contributed by atoms with E-state index in [1.165, 1.54) is 36.9 Å². The molecule has 0 saturated carbocycles. The van der Waals surface area contributed by atoms with Crippen LogP contribution in [0, 0.1) is 0 Å². The third-order valence-corrected chi connectivity index (χ3v) is 2.73. The summed E-state index contributed by atoms with van der Waals surface area (Å²) in [5.74, 6) is -1.02. The summed E-state index contributed by atoms with van der Waals surface area (Å²) in [5.41, 5.74) is 0.280. The molecular weight excluding hydrogens is 317 g/mol. The summed E-state index contributed by atoms with van der Waals surface area (Å²) in [6.07, 6.45) is -4.51. The van der Waals surface area contributed by atoms with Crippen LogP contribution in [0.15, 0.2) is 36.4 Å². The first-order valence-electron chi connectivity index (χ1n) is 6.19. The van der Waals surface area contributed by atoms with Crippen molar-refractivity contribution in [3.63, 3.8) is 0 Å². The number of hydroxylamine groups is 1. The smallest absolute Gasteiger partial charge is 0.416 e. The number of aromatic nitrogens is 1. The fourth-order valence-corrected chi connectivity index (χ4v) is 1.68. The van der Waals surface area contributed by atoms with Gasteiger partial charge < -0.3 is 9.47 Å². The van der Waals surface area contributed by atoms with Crippen LogP contribution in [0.3, 0.4) is 0 Å². The Labute approximate surface area is 128 Å². The molecule has 0 saturated heterocycles. The number of alkyl halides is 3. The van der Waals surface area contributed by atoms with Crippen molar-refractivity contribution in [2.75, 3.05) is 7.11 Å². The SMILES string of the molecule is COc1cc(Oc2cccc(C(F)(F)F)c2)nc(C(=O)NO)c1. The van der Waals surface area contributed by atoms with Crippen LogP contribution in [0.2, 0.25) is 0 Å². The second-order valence-electron chi connectivity index (χ2n) is 4.30. The lowest BCUT2D eigenvalue weighted by Gasteiger charge is -2.11.